The average molecular weight is 444 g/mol. The second-order valence-electron chi connectivity index (χ2n) is 8.52. The topological polar surface area (TPSA) is 134 Å². The lowest BCUT2D eigenvalue weighted by Crippen LogP contribution is -2.59. The Morgan fingerprint density at radius 3 is 2.34 bits per heavy atom. The molecule has 1 saturated heterocycles. The summed E-state index contributed by atoms with van der Waals surface area (Å²) >= 11 is 0. The Morgan fingerprint density at radius 1 is 1.12 bits per heavy atom. The largest absolute Gasteiger partial charge is 0.368 e. The van der Waals surface area contributed by atoms with Crippen molar-refractivity contribution in [1.29, 1.82) is 0 Å². The summed E-state index contributed by atoms with van der Waals surface area (Å²) in [6, 6.07) is 6.17. The van der Waals surface area contributed by atoms with Crippen LogP contribution in [-0.4, -0.2) is 59.4 Å². The van der Waals surface area contributed by atoms with Crippen molar-refractivity contribution in [3.8, 4) is 0 Å². The number of primary amides is 1. The summed E-state index contributed by atoms with van der Waals surface area (Å²) in [7, 11) is 0. The van der Waals surface area contributed by atoms with Crippen LogP contribution >= 0.6 is 0 Å². The van der Waals surface area contributed by atoms with Gasteiger partial charge in [-0.25, -0.2) is 4.79 Å². The third-order valence-electron chi connectivity index (χ3n) is 5.04. The van der Waals surface area contributed by atoms with Crippen LogP contribution in [0.2, 0.25) is 0 Å². The van der Waals surface area contributed by atoms with Gasteiger partial charge in [0.25, 0.3) is 0 Å². The number of amides is 5. The molecule has 0 unspecified atom stereocenters. The van der Waals surface area contributed by atoms with Crippen LogP contribution in [0.15, 0.2) is 42.0 Å². The Kier molecular flexibility index (Phi) is 8.80. The molecular formula is C23H33N5O4. The fourth-order valence-electron chi connectivity index (χ4n) is 3.65. The average Bonchev–Trinajstić information content (AvgIpc) is 3.10. The Labute approximate surface area is 188 Å². The van der Waals surface area contributed by atoms with Crippen LogP contribution in [0.25, 0.3) is 0 Å². The number of allylic oxidation sites excluding steroid dienone is 1. The standard InChI is InChI=1S/C23H33N5O4/c1-14(2)12-19(29)28-11-10-17(27-23(32)25-15(3)4)20(28)22(31)26-18(21(24)30)13-16-8-6-5-7-9-16/h5-9,12,15,17-18,20H,10-11,13H2,1-4H3,(H2,24,30)(H,26,31)(H2,25,27,32)/t17-,18-,20+/m1/s1. The third kappa shape index (κ3) is 7.11. The van der Waals surface area contributed by atoms with Crippen molar-refractivity contribution >= 4 is 23.8 Å². The lowest BCUT2D eigenvalue weighted by atomic mass is 10.0. The summed E-state index contributed by atoms with van der Waals surface area (Å²) in [5.41, 5.74) is 7.17. The number of nitrogens with two attached hydrogens (primary N) is 1. The Morgan fingerprint density at radius 2 is 1.78 bits per heavy atom. The SMILES string of the molecule is CC(C)=CC(=O)N1CC[C@@H](NC(=O)NC(C)C)[C@H]1C(=O)N[C@H](Cc1ccccc1)C(N)=O. The smallest absolute Gasteiger partial charge is 0.315 e. The molecule has 0 bridgehead atoms. The molecule has 2 rings (SSSR count). The maximum atomic E-state index is 13.3. The van der Waals surface area contributed by atoms with Gasteiger partial charge in [-0.05, 0) is 39.7 Å². The molecule has 3 atom stereocenters. The molecule has 1 fully saturated rings. The van der Waals surface area contributed by atoms with E-state index in [9.17, 15) is 19.2 Å². The van der Waals surface area contributed by atoms with Gasteiger partial charge in [-0.3, -0.25) is 14.4 Å². The Balaban J connectivity index is 2.23. The zero-order valence-electron chi connectivity index (χ0n) is 19.1. The molecule has 0 aliphatic carbocycles. The first kappa shape index (κ1) is 24.9. The minimum atomic E-state index is -0.964. The molecular weight excluding hydrogens is 410 g/mol. The van der Waals surface area contributed by atoms with Crippen molar-refractivity contribution in [2.24, 2.45) is 5.73 Å². The van der Waals surface area contributed by atoms with Gasteiger partial charge in [0.2, 0.25) is 17.7 Å². The summed E-state index contributed by atoms with van der Waals surface area (Å²) in [5.74, 6) is -1.53. The molecule has 0 spiro atoms. The number of likely N-dealkylation sites (tertiary alicyclic amines) is 1. The van der Waals surface area contributed by atoms with Crippen molar-refractivity contribution in [3.05, 3.63) is 47.5 Å². The van der Waals surface area contributed by atoms with Gasteiger partial charge in [0.1, 0.15) is 12.1 Å². The van der Waals surface area contributed by atoms with E-state index in [-0.39, 0.29) is 18.4 Å². The summed E-state index contributed by atoms with van der Waals surface area (Å²) in [5, 5.41) is 8.21. The van der Waals surface area contributed by atoms with Gasteiger partial charge in [-0.15, -0.1) is 0 Å². The lowest BCUT2D eigenvalue weighted by molar-refractivity contribution is -0.137. The van der Waals surface area contributed by atoms with Gasteiger partial charge >= 0.3 is 6.03 Å². The zero-order chi connectivity index (χ0) is 23.8. The van der Waals surface area contributed by atoms with Crippen LogP contribution < -0.4 is 21.7 Å². The van der Waals surface area contributed by atoms with E-state index in [1.165, 1.54) is 11.0 Å². The normalized spacial score (nSPS) is 18.6. The molecule has 1 aliphatic rings. The molecule has 1 aromatic rings. The molecule has 1 heterocycles. The number of hydrogen-bond acceptors (Lipinski definition) is 4. The van der Waals surface area contributed by atoms with E-state index in [2.05, 4.69) is 16.0 Å². The van der Waals surface area contributed by atoms with Crippen LogP contribution in [0.5, 0.6) is 0 Å². The highest BCUT2D eigenvalue weighted by atomic mass is 16.2. The predicted octanol–water partition coefficient (Wildman–Crippen LogP) is 0.843. The van der Waals surface area contributed by atoms with Crippen molar-refractivity contribution in [2.45, 2.75) is 64.7 Å². The monoisotopic (exact) mass is 443 g/mol. The molecule has 0 aromatic heterocycles. The van der Waals surface area contributed by atoms with Crippen LogP contribution in [0.3, 0.4) is 0 Å². The molecule has 5 N–H and O–H groups in total. The lowest BCUT2D eigenvalue weighted by Gasteiger charge is -2.29. The predicted molar refractivity (Wildman–Crippen MR) is 121 cm³/mol. The van der Waals surface area contributed by atoms with Crippen molar-refractivity contribution in [1.82, 2.24) is 20.9 Å². The Bertz CT molecular complexity index is 864. The first-order valence-corrected chi connectivity index (χ1v) is 10.7. The number of nitrogens with zero attached hydrogens (tertiary/aromatic N) is 1. The molecule has 0 radical (unpaired) electrons. The second kappa shape index (κ2) is 11.3. The van der Waals surface area contributed by atoms with E-state index in [1.54, 1.807) is 13.8 Å². The quantitative estimate of drug-likeness (QED) is 0.443. The van der Waals surface area contributed by atoms with Gasteiger partial charge in [0, 0.05) is 25.1 Å². The molecule has 9 heteroatoms. The van der Waals surface area contributed by atoms with E-state index in [0.717, 1.165) is 11.1 Å². The number of hydrogen-bond donors (Lipinski definition) is 4. The summed E-state index contributed by atoms with van der Waals surface area (Å²) < 4.78 is 0. The number of rotatable bonds is 8. The van der Waals surface area contributed by atoms with Crippen molar-refractivity contribution in [2.75, 3.05) is 6.54 Å². The fraction of sp³-hybridized carbons (Fsp3) is 0.478. The van der Waals surface area contributed by atoms with Crippen LogP contribution in [0.4, 0.5) is 4.79 Å². The number of carbonyl (C=O) groups excluding carboxylic acids is 4. The first-order valence-electron chi connectivity index (χ1n) is 10.7. The van der Waals surface area contributed by atoms with Gasteiger partial charge in [0.15, 0.2) is 0 Å². The van der Waals surface area contributed by atoms with Crippen LogP contribution in [0.1, 0.15) is 39.7 Å². The van der Waals surface area contributed by atoms with Crippen LogP contribution in [0, 0.1) is 0 Å². The highest BCUT2D eigenvalue weighted by molar-refractivity contribution is 5.96. The van der Waals surface area contributed by atoms with E-state index in [0.29, 0.717) is 13.0 Å². The minimum absolute atomic E-state index is 0.0859. The summed E-state index contributed by atoms with van der Waals surface area (Å²) in [4.78, 5) is 51.7. The molecule has 5 amide bonds. The third-order valence-corrected chi connectivity index (χ3v) is 5.04. The Hall–Kier alpha value is -3.36. The number of nitrogens with one attached hydrogen (secondary N) is 3. The number of urea groups is 1. The molecule has 32 heavy (non-hydrogen) atoms. The molecule has 1 aliphatic heterocycles. The van der Waals surface area contributed by atoms with Crippen molar-refractivity contribution < 1.29 is 19.2 Å². The van der Waals surface area contributed by atoms with E-state index < -0.39 is 36.0 Å². The molecule has 9 nitrogen and oxygen atoms in total. The number of benzene rings is 1. The minimum Gasteiger partial charge on any atom is -0.368 e. The van der Waals surface area contributed by atoms with Gasteiger partial charge in [-0.2, -0.15) is 0 Å². The van der Waals surface area contributed by atoms with Gasteiger partial charge in [-0.1, -0.05) is 35.9 Å². The van der Waals surface area contributed by atoms with Crippen LogP contribution in [-0.2, 0) is 20.8 Å². The summed E-state index contributed by atoms with van der Waals surface area (Å²) in [6.45, 7) is 7.52. The highest BCUT2D eigenvalue weighted by Crippen LogP contribution is 2.20. The highest BCUT2D eigenvalue weighted by Gasteiger charge is 2.43. The molecule has 0 saturated carbocycles. The van der Waals surface area contributed by atoms with Crippen molar-refractivity contribution in [3.63, 3.8) is 0 Å². The maximum Gasteiger partial charge on any atom is 0.315 e. The van der Waals surface area contributed by atoms with Gasteiger partial charge < -0.3 is 26.6 Å². The summed E-state index contributed by atoms with van der Waals surface area (Å²) in [6.07, 6.45) is 2.08. The maximum absolute atomic E-state index is 13.3. The van der Waals surface area contributed by atoms with E-state index in [4.69, 9.17) is 5.73 Å². The molecule has 174 valence electrons. The fourth-order valence-corrected chi connectivity index (χ4v) is 3.65. The van der Waals surface area contributed by atoms with E-state index in [1.807, 2.05) is 44.2 Å². The first-order chi connectivity index (χ1) is 15.1. The molecule has 1 aromatic carbocycles. The number of carbonyl (C=O) groups is 4. The van der Waals surface area contributed by atoms with E-state index >= 15 is 0 Å². The second-order valence-corrected chi connectivity index (χ2v) is 8.52. The van der Waals surface area contributed by atoms with Gasteiger partial charge in [0.05, 0.1) is 6.04 Å². The zero-order valence-corrected chi connectivity index (χ0v) is 19.1.